The highest BCUT2D eigenvalue weighted by atomic mass is 35.5. The van der Waals surface area contributed by atoms with Crippen LogP contribution in [0.25, 0.3) is 0 Å². The van der Waals surface area contributed by atoms with Crippen LogP contribution in [0.1, 0.15) is 44.9 Å². The molecule has 1 N–H and O–H groups in total. The molecule has 1 saturated carbocycles. The molecule has 0 aromatic carbocycles. The molecule has 2 rings (SSSR count). The minimum absolute atomic E-state index is 0.0721. The molecule has 1 aromatic heterocycles. The summed E-state index contributed by atoms with van der Waals surface area (Å²) >= 11 is 5.76. The van der Waals surface area contributed by atoms with Crippen LogP contribution in [0, 0.1) is 5.92 Å². The molecule has 0 atom stereocenters. The predicted molar refractivity (Wildman–Crippen MR) is 73.7 cm³/mol. The Morgan fingerprint density at radius 2 is 2.17 bits per heavy atom. The van der Waals surface area contributed by atoms with E-state index in [1.807, 2.05) is 0 Å². The van der Waals surface area contributed by atoms with Gasteiger partial charge in [-0.15, -0.1) is 0 Å². The first kappa shape index (κ1) is 13.3. The second kappa shape index (κ2) is 6.74. The molecule has 1 fully saturated rings. The smallest absolute Gasteiger partial charge is 0.224 e. The third kappa shape index (κ3) is 4.30. The standard InChI is InChI=1S/C14H19ClN2O/c15-13-10-12(8-9-16-13)17-14(18)7-6-11-4-2-1-3-5-11/h8-11H,1-7H2,(H,16,17,18). The number of halogens is 1. The van der Waals surface area contributed by atoms with Crippen molar-refractivity contribution in [1.29, 1.82) is 0 Å². The summed E-state index contributed by atoms with van der Waals surface area (Å²) in [6.45, 7) is 0. The first-order valence-corrected chi connectivity index (χ1v) is 7.03. The van der Waals surface area contributed by atoms with Gasteiger partial charge in [-0.05, 0) is 24.5 Å². The van der Waals surface area contributed by atoms with Gasteiger partial charge >= 0.3 is 0 Å². The summed E-state index contributed by atoms with van der Waals surface area (Å²) in [5.41, 5.74) is 0.726. The highest BCUT2D eigenvalue weighted by molar-refractivity contribution is 6.29. The molecule has 98 valence electrons. The van der Waals surface area contributed by atoms with Crippen LogP contribution in [-0.4, -0.2) is 10.9 Å². The molecule has 3 nitrogen and oxygen atoms in total. The van der Waals surface area contributed by atoms with Crippen LogP contribution in [0.15, 0.2) is 18.3 Å². The SMILES string of the molecule is O=C(CCC1CCCCC1)Nc1ccnc(Cl)c1. The number of anilines is 1. The number of hydrogen-bond donors (Lipinski definition) is 1. The Balaban J connectivity index is 1.74. The van der Waals surface area contributed by atoms with Crippen molar-refractivity contribution < 1.29 is 4.79 Å². The topological polar surface area (TPSA) is 42.0 Å². The van der Waals surface area contributed by atoms with E-state index >= 15 is 0 Å². The molecule has 0 aliphatic heterocycles. The predicted octanol–water partition coefficient (Wildman–Crippen LogP) is 4.03. The fraction of sp³-hybridized carbons (Fsp3) is 0.571. The lowest BCUT2D eigenvalue weighted by Gasteiger charge is -2.20. The molecule has 18 heavy (non-hydrogen) atoms. The zero-order valence-corrected chi connectivity index (χ0v) is 11.2. The number of nitrogens with zero attached hydrogens (tertiary/aromatic N) is 1. The van der Waals surface area contributed by atoms with Gasteiger partial charge in [-0.2, -0.15) is 0 Å². The molecule has 1 heterocycles. The fourth-order valence-corrected chi connectivity index (χ4v) is 2.69. The van der Waals surface area contributed by atoms with Gasteiger partial charge in [0.15, 0.2) is 0 Å². The van der Waals surface area contributed by atoms with Gasteiger partial charge in [-0.25, -0.2) is 4.98 Å². The van der Waals surface area contributed by atoms with Crippen LogP contribution in [-0.2, 0) is 4.79 Å². The molecule has 1 aromatic rings. The molecule has 0 unspecified atom stereocenters. The van der Waals surface area contributed by atoms with E-state index in [4.69, 9.17) is 11.6 Å². The van der Waals surface area contributed by atoms with Crippen LogP contribution in [0.3, 0.4) is 0 Å². The van der Waals surface area contributed by atoms with Crippen molar-refractivity contribution in [3.8, 4) is 0 Å². The third-order valence-corrected chi connectivity index (χ3v) is 3.72. The Hall–Kier alpha value is -1.09. The average Bonchev–Trinajstić information content (AvgIpc) is 2.38. The van der Waals surface area contributed by atoms with Gasteiger partial charge < -0.3 is 5.32 Å². The monoisotopic (exact) mass is 266 g/mol. The Bertz CT molecular complexity index is 403. The lowest BCUT2D eigenvalue weighted by atomic mass is 9.86. The number of hydrogen-bond acceptors (Lipinski definition) is 2. The second-order valence-corrected chi connectivity index (χ2v) is 5.35. The lowest BCUT2D eigenvalue weighted by Crippen LogP contribution is -2.14. The molecule has 1 aliphatic rings. The van der Waals surface area contributed by atoms with Gasteiger partial charge in [0, 0.05) is 18.3 Å². The summed E-state index contributed by atoms with van der Waals surface area (Å²) in [6, 6.07) is 3.42. The zero-order chi connectivity index (χ0) is 12.8. The van der Waals surface area contributed by atoms with E-state index < -0.39 is 0 Å². The lowest BCUT2D eigenvalue weighted by molar-refractivity contribution is -0.116. The first-order valence-electron chi connectivity index (χ1n) is 6.65. The molecule has 4 heteroatoms. The van der Waals surface area contributed by atoms with Crippen molar-refractivity contribution >= 4 is 23.2 Å². The maximum Gasteiger partial charge on any atom is 0.224 e. The number of carbonyl (C=O) groups excluding carboxylic acids is 1. The highest BCUT2D eigenvalue weighted by Crippen LogP contribution is 2.27. The summed E-state index contributed by atoms with van der Waals surface area (Å²) in [7, 11) is 0. The van der Waals surface area contributed by atoms with Crippen LogP contribution in [0.5, 0.6) is 0 Å². The van der Waals surface area contributed by atoms with Crippen molar-refractivity contribution in [2.45, 2.75) is 44.9 Å². The Labute approximate surface area is 113 Å². The fourth-order valence-electron chi connectivity index (χ4n) is 2.51. The number of rotatable bonds is 4. The van der Waals surface area contributed by atoms with Crippen LogP contribution in [0.2, 0.25) is 5.15 Å². The summed E-state index contributed by atoms with van der Waals surface area (Å²) in [6.07, 6.45) is 9.79. The maximum atomic E-state index is 11.8. The molecule has 0 bridgehead atoms. The Morgan fingerprint density at radius 3 is 2.89 bits per heavy atom. The number of amides is 1. The number of nitrogens with one attached hydrogen (secondary N) is 1. The molecular formula is C14H19ClN2O. The van der Waals surface area contributed by atoms with Gasteiger partial charge in [-0.1, -0.05) is 43.7 Å². The van der Waals surface area contributed by atoms with E-state index in [0.29, 0.717) is 11.6 Å². The molecule has 0 radical (unpaired) electrons. The van der Waals surface area contributed by atoms with Crippen LogP contribution >= 0.6 is 11.6 Å². The van der Waals surface area contributed by atoms with Crippen molar-refractivity contribution in [1.82, 2.24) is 4.98 Å². The highest BCUT2D eigenvalue weighted by Gasteiger charge is 2.14. The molecular weight excluding hydrogens is 248 g/mol. The summed E-state index contributed by atoms with van der Waals surface area (Å²) in [4.78, 5) is 15.7. The van der Waals surface area contributed by atoms with Gasteiger partial charge in [0.05, 0.1) is 0 Å². The van der Waals surface area contributed by atoms with E-state index in [-0.39, 0.29) is 5.91 Å². The molecule has 0 spiro atoms. The van der Waals surface area contributed by atoms with E-state index in [1.165, 1.54) is 32.1 Å². The van der Waals surface area contributed by atoms with Gasteiger partial charge in [0.25, 0.3) is 0 Å². The minimum atomic E-state index is 0.0721. The summed E-state index contributed by atoms with van der Waals surface area (Å²) in [5, 5.41) is 3.26. The second-order valence-electron chi connectivity index (χ2n) is 4.96. The molecule has 1 amide bonds. The van der Waals surface area contributed by atoms with Gasteiger partial charge in [0.1, 0.15) is 5.15 Å². The third-order valence-electron chi connectivity index (χ3n) is 3.51. The van der Waals surface area contributed by atoms with Crippen LogP contribution < -0.4 is 5.32 Å². The molecule has 0 saturated heterocycles. The minimum Gasteiger partial charge on any atom is -0.326 e. The van der Waals surface area contributed by atoms with E-state index in [9.17, 15) is 4.79 Å². The quantitative estimate of drug-likeness (QED) is 0.836. The normalized spacial score (nSPS) is 16.5. The van der Waals surface area contributed by atoms with E-state index in [2.05, 4.69) is 10.3 Å². The largest absolute Gasteiger partial charge is 0.326 e. The van der Waals surface area contributed by atoms with Crippen molar-refractivity contribution in [3.05, 3.63) is 23.5 Å². The van der Waals surface area contributed by atoms with Gasteiger partial charge in [-0.3, -0.25) is 4.79 Å². The number of carbonyl (C=O) groups is 1. The van der Waals surface area contributed by atoms with Gasteiger partial charge in [0.2, 0.25) is 5.91 Å². The van der Waals surface area contributed by atoms with Crippen LogP contribution in [0.4, 0.5) is 5.69 Å². The van der Waals surface area contributed by atoms with Crippen molar-refractivity contribution in [2.24, 2.45) is 5.92 Å². The first-order chi connectivity index (χ1) is 8.74. The van der Waals surface area contributed by atoms with E-state index in [0.717, 1.165) is 18.0 Å². The average molecular weight is 267 g/mol. The number of pyridine rings is 1. The molecule has 1 aliphatic carbocycles. The Kier molecular flexibility index (Phi) is 5.00. The maximum absolute atomic E-state index is 11.8. The Morgan fingerprint density at radius 1 is 1.39 bits per heavy atom. The summed E-state index contributed by atoms with van der Waals surface area (Å²) in [5.74, 6) is 0.813. The van der Waals surface area contributed by atoms with Crippen molar-refractivity contribution in [3.63, 3.8) is 0 Å². The zero-order valence-electron chi connectivity index (χ0n) is 10.5. The number of aromatic nitrogens is 1. The summed E-state index contributed by atoms with van der Waals surface area (Å²) < 4.78 is 0. The van der Waals surface area contributed by atoms with E-state index in [1.54, 1.807) is 18.3 Å². The van der Waals surface area contributed by atoms with Crippen molar-refractivity contribution in [2.75, 3.05) is 5.32 Å².